The summed E-state index contributed by atoms with van der Waals surface area (Å²) in [6.07, 6.45) is 0.981. The van der Waals surface area contributed by atoms with Crippen molar-refractivity contribution in [2.45, 2.75) is 40.2 Å². The molecule has 0 atom stereocenters. The van der Waals surface area contributed by atoms with E-state index >= 15 is 0 Å². The molecule has 0 amide bonds. The van der Waals surface area contributed by atoms with Crippen LogP contribution in [-0.4, -0.2) is 17.6 Å². The van der Waals surface area contributed by atoms with E-state index in [1.165, 1.54) is 12.8 Å². The minimum atomic E-state index is -0.260. The molecule has 0 spiro atoms. The molecule has 0 aliphatic heterocycles. The van der Waals surface area contributed by atoms with Gasteiger partial charge in [-0.3, -0.25) is 0 Å². The van der Waals surface area contributed by atoms with E-state index in [9.17, 15) is 4.79 Å². The maximum absolute atomic E-state index is 11.6. The summed E-state index contributed by atoms with van der Waals surface area (Å²) in [7, 11) is 1.42. The van der Waals surface area contributed by atoms with Gasteiger partial charge in [-0.05, 0) is 38.3 Å². The van der Waals surface area contributed by atoms with Crippen LogP contribution in [0.25, 0.3) is 0 Å². The van der Waals surface area contributed by atoms with E-state index in [0.717, 1.165) is 6.42 Å². The second-order valence-electron chi connectivity index (χ2n) is 4.76. The highest BCUT2D eigenvalue weighted by atomic mass is 16.5. The predicted molar refractivity (Wildman–Crippen MR) is 64.7 cm³/mol. The summed E-state index contributed by atoms with van der Waals surface area (Å²) >= 11 is 0. The summed E-state index contributed by atoms with van der Waals surface area (Å²) in [5.41, 5.74) is 1.85. The molecule has 0 fully saturated rings. The quantitative estimate of drug-likeness (QED) is 0.735. The molecule has 1 aromatic heterocycles. The van der Waals surface area contributed by atoms with Crippen molar-refractivity contribution < 1.29 is 9.53 Å². The number of nitrogens with zero attached hydrogens (tertiary/aromatic N) is 1. The summed E-state index contributed by atoms with van der Waals surface area (Å²) in [6.45, 7) is 8.51. The highest BCUT2D eigenvalue weighted by molar-refractivity contribution is 5.87. The zero-order valence-electron chi connectivity index (χ0n) is 10.8. The van der Waals surface area contributed by atoms with Gasteiger partial charge in [0, 0.05) is 11.7 Å². The number of carbonyl (C=O) groups excluding carboxylic acids is 1. The third kappa shape index (κ3) is 2.65. The molecule has 1 aromatic rings. The van der Waals surface area contributed by atoms with Crippen LogP contribution in [0.2, 0.25) is 0 Å². The van der Waals surface area contributed by atoms with Gasteiger partial charge >= 0.3 is 5.97 Å². The Balaban J connectivity index is 3.11. The van der Waals surface area contributed by atoms with E-state index in [2.05, 4.69) is 32.3 Å². The lowest BCUT2D eigenvalue weighted by molar-refractivity contribution is 0.0586. The fraction of sp³-hybridized carbons (Fsp3) is 0.615. The molecule has 3 nitrogen and oxygen atoms in total. The normalized spacial score (nSPS) is 11.2. The van der Waals surface area contributed by atoms with Crippen molar-refractivity contribution in [2.75, 3.05) is 7.11 Å². The summed E-state index contributed by atoms with van der Waals surface area (Å²) in [5, 5.41) is 0. The molecule has 1 rings (SSSR count). The molecule has 0 aromatic carbocycles. The molecule has 0 aliphatic rings. The number of rotatable bonds is 4. The van der Waals surface area contributed by atoms with Crippen LogP contribution in [0.4, 0.5) is 0 Å². The van der Waals surface area contributed by atoms with Crippen LogP contribution >= 0.6 is 0 Å². The van der Waals surface area contributed by atoms with Gasteiger partial charge in [-0.15, -0.1) is 0 Å². The van der Waals surface area contributed by atoms with E-state index in [4.69, 9.17) is 4.74 Å². The summed E-state index contributed by atoms with van der Waals surface area (Å²) in [5.74, 6) is 0.321. The van der Waals surface area contributed by atoms with Crippen molar-refractivity contribution in [3.8, 4) is 0 Å². The number of carbonyl (C=O) groups is 1. The van der Waals surface area contributed by atoms with Gasteiger partial charge in [-0.25, -0.2) is 4.79 Å². The van der Waals surface area contributed by atoms with Gasteiger partial charge in [0.25, 0.3) is 0 Å². The van der Waals surface area contributed by atoms with Gasteiger partial charge in [-0.1, -0.05) is 13.8 Å². The second kappa shape index (κ2) is 5.19. The smallest absolute Gasteiger partial charge is 0.354 e. The lowest BCUT2D eigenvalue weighted by Gasteiger charge is -2.17. The molecule has 3 heteroatoms. The highest BCUT2D eigenvalue weighted by Gasteiger charge is 2.17. The number of ether oxygens (including phenoxy) is 1. The van der Waals surface area contributed by atoms with Crippen LogP contribution in [0.1, 0.15) is 49.9 Å². The summed E-state index contributed by atoms with van der Waals surface area (Å²) in [4.78, 5) is 11.6. The van der Waals surface area contributed by atoms with Gasteiger partial charge in [-0.2, -0.15) is 0 Å². The zero-order chi connectivity index (χ0) is 12.3. The first-order valence-corrected chi connectivity index (χ1v) is 5.75. The van der Waals surface area contributed by atoms with E-state index in [1.54, 1.807) is 0 Å². The van der Waals surface area contributed by atoms with Crippen LogP contribution in [0.15, 0.2) is 12.1 Å². The Morgan fingerprint density at radius 1 is 1.31 bits per heavy atom. The minimum Gasteiger partial charge on any atom is -0.464 e. The average molecular weight is 223 g/mol. The second-order valence-corrected chi connectivity index (χ2v) is 4.76. The fourth-order valence-electron chi connectivity index (χ4n) is 1.96. The fourth-order valence-corrected chi connectivity index (χ4v) is 1.96. The molecular formula is C13H21NO2. The molecule has 0 aliphatic carbocycles. The number of hydrogen-bond acceptors (Lipinski definition) is 2. The maximum Gasteiger partial charge on any atom is 0.354 e. The summed E-state index contributed by atoms with van der Waals surface area (Å²) < 4.78 is 6.85. The van der Waals surface area contributed by atoms with E-state index in [1.807, 2.05) is 12.1 Å². The molecular weight excluding hydrogens is 202 g/mol. The van der Waals surface area contributed by atoms with Crippen LogP contribution in [0.5, 0.6) is 0 Å². The third-order valence-corrected chi connectivity index (χ3v) is 2.53. The average Bonchev–Trinajstić information content (AvgIpc) is 2.59. The largest absolute Gasteiger partial charge is 0.464 e. The topological polar surface area (TPSA) is 31.2 Å². The van der Waals surface area contributed by atoms with Crippen LogP contribution in [-0.2, 0) is 11.2 Å². The van der Waals surface area contributed by atoms with Crippen molar-refractivity contribution in [3.63, 3.8) is 0 Å². The number of aromatic nitrogens is 1. The van der Waals surface area contributed by atoms with Crippen molar-refractivity contribution >= 4 is 5.97 Å². The van der Waals surface area contributed by atoms with Crippen LogP contribution < -0.4 is 0 Å². The standard InChI is InChI=1S/C13H21NO2/c1-9(2)8-11-6-7-12(13(15)16-5)14(11)10(3)4/h6-7,9-10H,8H2,1-5H3. The van der Waals surface area contributed by atoms with Gasteiger partial charge in [0.1, 0.15) is 5.69 Å². The Bertz CT molecular complexity index is 364. The van der Waals surface area contributed by atoms with Crippen LogP contribution in [0.3, 0.4) is 0 Å². The van der Waals surface area contributed by atoms with E-state index < -0.39 is 0 Å². The van der Waals surface area contributed by atoms with Crippen LogP contribution in [0, 0.1) is 5.92 Å². The molecule has 0 saturated heterocycles. The van der Waals surface area contributed by atoms with Crippen molar-refractivity contribution in [3.05, 3.63) is 23.5 Å². The molecule has 90 valence electrons. The van der Waals surface area contributed by atoms with Gasteiger partial charge in [0.15, 0.2) is 0 Å². The van der Waals surface area contributed by atoms with E-state index in [-0.39, 0.29) is 12.0 Å². The first-order chi connectivity index (χ1) is 7.47. The molecule has 0 saturated carbocycles. The Kier molecular flexibility index (Phi) is 4.16. The summed E-state index contributed by atoms with van der Waals surface area (Å²) in [6, 6.07) is 4.15. The highest BCUT2D eigenvalue weighted by Crippen LogP contribution is 2.19. The Morgan fingerprint density at radius 3 is 2.38 bits per heavy atom. The number of hydrogen-bond donors (Lipinski definition) is 0. The molecule has 0 radical (unpaired) electrons. The third-order valence-electron chi connectivity index (χ3n) is 2.53. The minimum absolute atomic E-state index is 0.260. The Morgan fingerprint density at radius 2 is 1.94 bits per heavy atom. The molecule has 0 N–H and O–H groups in total. The SMILES string of the molecule is COC(=O)c1ccc(CC(C)C)n1C(C)C. The molecule has 1 heterocycles. The van der Waals surface area contributed by atoms with Crippen molar-refractivity contribution in [1.82, 2.24) is 4.57 Å². The monoisotopic (exact) mass is 223 g/mol. The lowest BCUT2D eigenvalue weighted by atomic mass is 10.1. The maximum atomic E-state index is 11.6. The first kappa shape index (κ1) is 12.8. The number of esters is 1. The predicted octanol–water partition coefficient (Wildman–Crippen LogP) is 3.05. The van der Waals surface area contributed by atoms with Gasteiger partial charge in [0.2, 0.25) is 0 Å². The lowest BCUT2D eigenvalue weighted by Crippen LogP contribution is -2.15. The van der Waals surface area contributed by atoms with Gasteiger partial charge < -0.3 is 9.30 Å². The first-order valence-electron chi connectivity index (χ1n) is 5.75. The molecule has 0 unspecified atom stereocenters. The Labute approximate surface area is 97.4 Å². The zero-order valence-corrected chi connectivity index (χ0v) is 10.8. The molecule has 0 bridgehead atoms. The number of methoxy groups -OCH3 is 1. The van der Waals surface area contributed by atoms with Gasteiger partial charge in [0.05, 0.1) is 7.11 Å². The van der Waals surface area contributed by atoms with Crippen molar-refractivity contribution in [1.29, 1.82) is 0 Å². The molecule has 16 heavy (non-hydrogen) atoms. The Hall–Kier alpha value is -1.25. The van der Waals surface area contributed by atoms with Crippen molar-refractivity contribution in [2.24, 2.45) is 5.92 Å². The van der Waals surface area contributed by atoms with E-state index in [0.29, 0.717) is 11.6 Å².